The van der Waals surface area contributed by atoms with Crippen LogP contribution in [0.2, 0.25) is 0 Å². The zero-order chi connectivity index (χ0) is 14.0. The second-order valence-corrected chi connectivity index (χ2v) is 6.82. The maximum absolute atomic E-state index is 12.4. The lowest BCUT2D eigenvalue weighted by Gasteiger charge is -2.08. The summed E-state index contributed by atoms with van der Waals surface area (Å²) in [4.78, 5) is 0.630. The molecular formula is C16H17O2S. The van der Waals surface area contributed by atoms with Crippen LogP contribution in [0, 0.1) is 6.92 Å². The molecule has 0 atom stereocenters. The average molecular weight is 273 g/mol. The molecule has 0 saturated heterocycles. The summed E-state index contributed by atoms with van der Waals surface area (Å²) in [6, 6.07) is 13.7. The quantitative estimate of drug-likeness (QED) is 0.851. The molecule has 19 heavy (non-hydrogen) atoms. The first kappa shape index (κ1) is 13.8. The van der Waals surface area contributed by atoms with Gasteiger partial charge in [0.25, 0.3) is 0 Å². The van der Waals surface area contributed by atoms with Crippen molar-refractivity contribution in [2.75, 3.05) is 0 Å². The zero-order valence-corrected chi connectivity index (χ0v) is 11.9. The summed E-state index contributed by atoms with van der Waals surface area (Å²) < 4.78 is 24.8. The Labute approximate surface area is 115 Å². The van der Waals surface area contributed by atoms with Crippen molar-refractivity contribution in [3.05, 3.63) is 66.6 Å². The Hall–Kier alpha value is -1.61. The summed E-state index contributed by atoms with van der Waals surface area (Å²) in [6.07, 6.45) is 0. The number of benzene rings is 2. The van der Waals surface area contributed by atoms with E-state index < -0.39 is 9.84 Å². The van der Waals surface area contributed by atoms with Crippen LogP contribution in [0.4, 0.5) is 0 Å². The standard InChI is InChI=1S/C16H17O2S/c1-12(2)14-6-10-16(11-7-14)19(17,18)15-8-4-13(3)5-9-15/h4-12H,3H2,1-2H3. The highest BCUT2D eigenvalue weighted by atomic mass is 32.2. The van der Waals surface area contributed by atoms with Crippen LogP contribution in [0.5, 0.6) is 0 Å². The van der Waals surface area contributed by atoms with Gasteiger partial charge in [0, 0.05) is 0 Å². The summed E-state index contributed by atoms with van der Waals surface area (Å²) in [6.45, 7) is 7.91. The zero-order valence-electron chi connectivity index (χ0n) is 11.1. The first-order chi connectivity index (χ1) is 8.91. The Morgan fingerprint density at radius 1 is 0.842 bits per heavy atom. The fourth-order valence-electron chi connectivity index (χ4n) is 1.84. The SMILES string of the molecule is [CH2]c1ccc(S(=O)(=O)c2ccc(C(C)C)cc2)cc1. The van der Waals surface area contributed by atoms with E-state index in [4.69, 9.17) is 0 Å². The van der Waals surface area contributed by atoms with Crippen molar-refractivity contribution in [3.8, 4) is 0 Å². The second-order valence-electron chi connectivity index (χ2n) is 4.87. The second kappa shape index (κ2) is 5.17. The van der Waals surface area contributed by atoms with E-state index in [1.165, 1.54) is 0 Å². The van der Waals surface area contributed by atoms with E-state index >= 15 is 0 Å². The fourth-order valence-corrected chi connectivity index (χ4v) is 3.10. The van der Waals surface area contributed by atoms with E-state index in [9.17, 15) is 8.42 Å². The number of rotatable bonds is 3. The van der Waals surface area contributed by atoms with Crippen LogP contribution in [0.1, 0.15) is 30.9 Å². The Balaban J connectivity index is 2.42. The molecule has 0 aromatic heterocycles. The van der Waals surface area contributed by atoms with Gasteiger partial charge in [-0.05, 0) is 48.2 Å². The van der Waals surface area contributed by atoms with Gasteiger partial charge in [-0.1, -0.05) is 38.1 Å². The lowest BCUT2D eigenvalue weighted by Crippen LogP contribution is -2.02. The van der Waals surface area contributed by atoms with Crippen molar-refractivity contribution in [1.82, 2.24) is 0 Å². The minimum Gasteiger partial charge on any atom is -0.219 e. The van der Waals surface area contributed by atoms with E-state index in [2.05, 4.69) is 20.8 Å². The third-order valence-corrected chi connectivity index (χ3v) is 4.88. The Morgan fingerprint density at radius 2 is 1.26 bits per heavy atom. The maximum Gasteiger partial charge on any atom is 0.206 e. The summed E-state index contributed by atoms with van der Waals surface area (Å²) in [5, 5.41) is 0. The van der Waals surface area contributed by atoms with Gasteiger partial charge in [0.1, 0.15) is 0 Å². The minimum absolute atomic E-state index is 0.303. The molecule has 0 aliphatic carbocycles. The van der Waals surface area contributed by atoms with Gasteiger partial charge >= 0.3 is 0 Å². The molecule has 2 rings (SSSR count). The number of hydrogen-bond acceptors (Lipinski definition) is 2. The van der Waals surface area contributed by atoms with E-state index in [0.29, 0.717) is 15.7 Å². The summed E-state index contributed by atoms with van der Waals surface area (Å²) in [5.74, 6) is 0.391. The van der Waals surface area contributed by atoms with E-state index in [1.807, 2.05) is 12.1 Å². The molecule has 3 heteroatoms. The van der Waals surface area contributed by atoms with Gasteiger partial charge in [-0.2, -0.15) is 0 Å². The number of sulfone groups is 1. The van der Waals surface area contributed by atoms with Crippen molar-refractivity contribution in [2.45, 2.75) is 29.6 Å². The van der Waals surface area contributed by atoms with Crippen LogP contribution in [0.3, 0.4) is 0 Å². The van der Waals surface area contributed by atoms with Gasteiger partial charge < -0.3 is 0 Å². The van der Waals surface area contributed by atoms with Gasteiger partial charge in [0.2, 0.25) is 9.84 Å². The van der Waals surface area contributed by atoms with Gasteiger partial charge in [-0.25, -0.2) is 8.42 Å². The fraction of sp³-hybridized carbons (Fsp3) is 0.188. The topological polar surface area (TPSA) is 34.1 Å². The molecule has 2 nitrogen and oxygen atoms in total. The number of hydrogen-bond donors (Lipinski definition) is 0. The van der Waals surface area contributed by atoms with Crippen LogP contribution >= 0.6 is 0 Å². The Morgan fingerprint density at radius 3 is 1.68 bits per heavy atom. The molecule has 0 unspecified atom stereocenters. The first-order valence-corrected chi connectivity index (χ1v) is 7.66. The van der Waals surface area contributed by atoms with Crippen LogP contribution in [0.15, 0.2) is 58.3 Å². The monoisotopic (exact) mass is 273 g/mol. The molecule has 1 radical (unpaired) electrons. The third kappa shape index (κ3) is 2.87. The maximum atomic E-state index is 12.4. The van der Waals surface area contributed by atoms with Gasteiger partial charge in [-0.3, -0.25) is 0 Å². The van der Waals surface area contributed by atoms with E-state index in [1.54, 1.807) is 36.4 Å². The first-order valence-electron chi connectivity index (χ1n) is 6.18. The highest BCUT2D eigenvalue weighted by molar-refractivity contribution is 7.91. The summed E-state index contributed by atoms with van der Waals surface area (Å²) in [5.41, 5.74) is 1.93. The average Bonchev–Trinajstić information content (AvgIpc) is 2.39. The highest BCUT2D eigenvalue weighted by Gasteiger charge is 2.17. The highest BCUT2D eigenvalue weighted by Crippen LogP contribution is 2.23. The molecular weight excluding hydrogens is 256 g/mol. The molecule has 99 valence electrons. The molecule has 2 aromatic rings. The van der Waals surface area contributed by atoms with E-state index in [-0.39, 0.29) is 0 Å². The van der Waals surface area contributed by atoms with Crippen LogP contribution < -0.4 is 0 Å². The molecule has 0 aliphatic rings. The Kier molecular flexibility index (Phi) is 3.76. The van der Waals surface area contributed by atoms with Gasteiger partial charge in [0.05, 0.1) is 9.79 Å². The van der Waals surface area contributed by atoms with Crippen molar-refractivity contribution < 1.29 is 8.42 Å². The van der Waals surface area contributed by atoms with Crippen LogP contribution in [0.25, 0.3) is 0 Å². The molecule has 0 N–H and O–H groups in total. The van der Waals surface area contributed by atoms with Crippen molar-refractivity contribution in [3.63, 3.8) is 0 Å². The van der Waals surface area contributed by atoms with Crippen molar-refractivity contribution >= 4 is 9.84 Å². The smallest absolute Gasteiger partial charge is 0.206 e. The van der Waals surface area contributed by atoms with E-state index in [0.717, 1.165) is 11.1 Å². The van der Waals surface area contributed by atoms with Gasteiger partial charge in [0.15, 0.2) is 0 Å². The molecule has 0 heterocycles. The molecule has 0 saturated carbocycles. The summed E-state index contributed by atoms with van der Waals surface area (Å²) >= 11 is 0. The predicted octanol–water partition coefficient (Wildman–Crippen LogP) is 3.82. The molecule has 0 amide bonds. The third-order valence-electron chi connectivity index (χ3n) is 3.09. The molecule has 2 aromatic carbocycles. The van der Waals surface area contributed by atoms with Crippen molar-refractivity contribution in [1.29, 1.82) is 0 Å². The molecule has 0 spiro atoms. The lowest BCUT2D eigenvalue weighted by atomic mass is 10.0. The Bertz CT molecular complexity index is 651. The largest absolute Gasteiger partial charge is 0.219 e. The van der Waals surface area contributed by atoms with Crippen LogP contribution in [-0.2, 0) is 9.84 Å². The lowest BCUT2D eigenvalue weighted by molar-refractivity contribution is 0.596. The molecule has 0 bridgehead atoms. The normalized spacial score (nSPS) is 11.8. The van der Waals surface area contributed by atoms with Crippen molar-refractivity contribution in [2.24, 2.45) is 0 Å². The minimum atomic E-state index is -3.43. The van der Waals surface area contributed by atoms with Gasteiger partial charge in [-0.15, -0.1) is 0 Å². The van der Waals surface area contributed by atoms with Crippen LogP contribution in [-0.4, -0.2) is 8.42 Å². The molecule has 0 aliphatic heterocycles. The predicted molar refractivity (Wildman–Crippen MR) is 76.9 cm³/mol. The summed E-state index contributed by atoms with van der Waals surface area (Å²) in [7, 11) is -3.43. The molecule has 0 fully saturated rings.